The van der Waals surface area contributed by atoms with Gasteiger partial charge in [-0.05, 0) is 37.2 Å². The molecule has 0 radical (unpaired) electrons. The van der Waals surface area contributed by atoms with Gasteiger partial charge in [0.1, 0.15) is 4.99 Å². The topological polar surface area (TPSA) is 61.0 Å². The van der Waals surface area contributed by atoms with E-state index in [9.17, 15) is 0 Å². The van der Waals surface area contributed by atoms with Gasteiger partial charge in [-0.2, -0.15) is 5.10 Å². The lowest BCUT2D eigenvalue weighted by Crippen LogP contribution is -2.20. The molecule has 20 heavy (non-hydrogen) atoms. The van der Waals surface area contributed by atoms with Crippen LogP contribution in [0.2, 0.25) is 0 Å². The Morgan fingerprint density at radius 3 is 2.50 bits per heavy atom. The summed E-state index contributed by atoms with van der Waals surface area (Å²) in [6, 6.07) is 0. The minimum Gasteiger partial charge on any atom is -0.476 e. The second-order valence-electron chi connectivity index (χ2n) is 5.34. The van der Waals surface area contributed by atoms with E-state index in [1.807, 2.05) is 0 Å². The van der Waals surface area contributed by atoms with Crippen molar-refractivity contribution in [3.8, 4) is 5.88 Å². The number of nitrogens with two attached hydrogens (primary N) is 1. The Bertz CT molecular complexity index is 484. The quantitative estimate of drug-likeness (QED) is 0.817. The molecule has 0 aliphatic heterocycles. The molecule has 2 rings (SSSR count). The van der Waals surface area contributed by atoms with Gasteiger partial charge in [-0.3, -0.25) is 0 Å². The summed E-state index contributed by atoms with van der Waals surface area (Å²) in [5.41, 5.74) is 8.71. The van der Waals surface area contributed by atoms with Gasteiger partial charge in [0, 0.05) is 0 Å². The highest BCUT2D eigenvalue weighted by atomic mass is 32.1. The van der Waals surface area contributed by atoms with Crippen molar-refractivity contribution in [3.63, 3.8) is 0 Å². The standard InChI is InChI=1S/C15H23N3OS/c1-3-11-12(4-2)17-18-15(13(11)14(16)20)19-9-10-7-5-6-8-10/h10H,3-9H2,1-2H3,(H2,16,20). The maximum absolute atomic E-state index is 5.88. The van der Waals surface area contributed by atoms with Crippen molar-refractivity contribution in [2.75, 3.05) is 6.61 Å². The molecule has 1 fully saturated rings. The van der Waals surface area contributed by atoms with Gasteiger partial charge in [-0.25, -0.2) is 0 Å². The highest BCUT2D eigenvalue weighted by molar-refractivity contribution is 7.80. The fourth-order valence-electron chi connectivity index (χ4n) is 2.88. The molecule has 1 aliphatic rings. The molecule has 0 amide bonds. The van der Waals surface area contributed by atoms with E-state index in [1.165, 1.54) is 25.7 Å². The average molecular weight is 293 g/mol. The van der Waals surface area contributed by atoms with Gasteiger partial charge in [0.2, 0.25) is 5.88 Å². The summed E-state index contributed by atoms with van der Waals surface area (Å²) in [7, 11) is 0. The molecule has 1 saturated carbocycles. The predicted octanol–water partition coefficient (Wildman–Crippen LogP) is 2.80. The fourth-order valence-corrected chi connectivity index (χ4v) is 3.09. The predicted molar refractivity (Wildman–Crippen MR) is 84.1 cm³/mol. The Hall–Kier alpha value is -1.23. The number of hydrogen-bond donors (Lipinski definition) is 1. The molecule has 1 aromatic heterocycles. The molecular formula is C15H23N3OS. The molecule has 1 heterocycles. The van der Waals surface area contributed by atoms with Crippen LogP contribution >= 0.6 is 12.2 Å². The first kappa shape index (κ1) is 15.2. The van der Waals surface area contributed by atoms with Crippen molar-refractivity contribution in [3.05, 3.63) is 16.8 Å². The number of ether oxygens (including phenoxy) is 1. The third-order valence-electron chi connectivity index (χ3n) is 3.99. The van der Waals surface area contributed by atoms with Crippen LogP contribution in [0.4, 0.5) is 0 Å². The van der Waals surface area contributed by atoms with Crippen LogP contribution in [0.15, 0.2) is 0 Å². The van der Waals surface area contributed by atoms with Crippen molar-refractivity contribution in [1.82, 2.24) is 10.2 Å². The molecule has 0 saturated heterocycles. The Balaban J connectivity index is 2.24. The van der Waals surface area contributed by atoms with Crippen LogP contribution in [0.1, 0.15) is 56.4 Å². The van der Waals surface area contributed by atoms with E-state index in [2.05, 4.69) is 24.0 Å². The van der Waals surface area contributed by atoms with E-state index >= 15 is 0 Å². The molecule has 0 bridgehead atoms. The first-order valence-corrected chi connectivity index (χ1v) is 7.89. The monoisotopic (exact) mass is 293 g/mol. The summed E-state index contributed by atoms with van der Waals surface area (Å²) < 4.78 is 5.88. The Morgan fingerprint density at radius 2 is 1.95 bits per heavy atom. The van der Waals surface area contributed by atoms with Crippen molar-refractivity contribution < 1.29 is 4.74 Å². The number of hydrogen-bond acceptors (Lipinski definition) is 4. The summed E-state index contributed by atoms with van der Waals surface area (Å²) in [5, 5.41) is 8.47. The molecule has 110 valence electrons. The molecule has 1 aromatic rings. The molecule has 2 N–H and O–H groups in total. The van der Waals surface area contributed by atoms with Gasteiger partial charge in [-0.1, -0.05) is 38.9 Å². The highest BCUT2D eigenvalue weighted by Crippen LogP contribution is 2.27. The lowest BCUT2D eigenvalue weighted by Gasteiger charge is -2.16. The number of rotatable bonds is 6. The lowest BCUT2D eigenvalue weighted by molar-refractivity contribution is 0.240. The maximum Gasteiger partial charge on any atom is 0.244 e. The van der Waals surface area contributed by atoms with E-state index in [4.69, 9.17) is 22.7 Å². The van der Waals surface area contributed by atoms with Crippen LogP contribution in [0, 0.1) is 5.92 Å². The van der Waals surface area contributed by atoms with Gasteiger partial charge in [0.05, 0.1) is 17.9 Å². The summed E-state index contributed by atoms with van der Waals surface area (Å²) in [6.07, 6.45) is 6.75. The van der Waals surface area contributed by atoms with Gasteiger partial charge >= 0.3 is 0 Å². The zero-order valence-corrected chi connectivity index (χ0v) is 13.1. The second kappa shape index (κ2) is 6.97. The minimum atomic E-state index is 0.355. The molecule has 1 aliphatic carbocycles. The number of nitrogens with zero attached hydrogens (tertiary/aromatic N) is 2. The minimum absolute atomic E-state index is 0.355. The van der Waals surface area contributed by atoms with Gasteiger partial charge < -0.3 is 10.5 Å². The van der Waals surface area contributed by atoms with E-state index in [1.54, 1.807) is 0 Å². The third kappa shape index (κ3) is 3.26. The second-order valence-corrected chi connectivity index (χ2v) is 5.78. The van der Waals surface area contributed by atoms with Crippen molar-refractivity contribution >= 4 is 17.2 Å². The average Bonchev–Trinajstić information content (AvgIpc) is 2.96. The molecule has 0 aromatic carbocycles. The molecule has 4 nitrogen and oxygen atoms in total. The number of aryl methyl sites for hydroxylation is 1. The van der Waals surface area contributed by atoms with E-state index in [-0.39, 0.29) is 0 Å². The Morgan fingerprint density at radius 1 is 1.25 bits per heavy atom. The largest absolute Gasteiger partial charge is 0.476 e. The van der Waals surface area contributed by atoms with Gasteiger partial charge in [-0.15, -0.1) is 5.10 Å². The van der Waals surface area contributed by atoms with Crippen LogP contribution in [0.3, 0.4) is 0 Å². The normalized spacial score (nSPS) is 15.5. The molecule has 0 spiro atoms. The van der Waals surface area contributed by atoms with Crippen molar-refractivity contribution in [1.29, 1.82) is 0 Å². The van der Waals surface area contributed by atoms with Crippen LogP contribution in [0.5, 0.6) is 5.88 Å². The summed E-state index contributed by atoms with van der Waals surface area (Å²) in [6.45, 7) is 4.84. The maximum atomic E-state index is 5.88. The molecule has 0 atom stereocenters. The number of thiocarbonyl (C=S) groups is 1. The van der Waals surface area contributed by atoms with E-state index < -0.39 is 0 Å². The smallest absolute Gasteiger partial charge is 0.244 e. The summed E-state index contributed by atoms with van der Waals surface area (Å²) >= 11 is 5.19. The number of aromatic nitrogens is 2. The van der Waals surface area contributed by atoms with E-state index in [0.29, 0.717) is 23.4 Å². The third-order valence-corrected chi connectivity index (χ3v) is 4.19. The van der Waals surface area contributed by atoms with Crippen molar-refractivity contribution in [2.45, 2.75) is 52.4 Å². The van der Waals surface area contributed by atoms with E-state index in [0.717, 1.165) is 29.7 Å². The lowest BCUT2D eigenvalue weighted by atomic mass is 10.0. The van der Waals surface area contributed by atoms with Gasteiger partial charge in [0.25, 0.3) is 0 Å². The first-order valence-electron chi connectivity index (χ1n) is 7.48. The zero-order chi connectivity index (χ0) is 14.5. The zero-order valence-electron chi connectivity index (χ0n) is 12.3. The fraction of sp³-hybridized carbons (Fsp3) is 0.667. The SMILES string of the molecule is CCc1nnc(OCC2CCCC2)c(C(N)=S)c1CC. The Kier molecular flexibility index (Phi) is 5.29. The summed E-state index contributed by atoms with van der Waals surface area (Å²) in [4.78, 5) is 0.355. The molecular weight excluding hydrogens is 270 g/mol. The van der Waals surface area contributed by atoms with Crippen LogP contribution in [0.25, 0.3) is 0 Å². The Labute approximate surface area is 126 Å². The van der Waals surface area contributed by atoms with Crippen molar-refractivity contribution in [2.24, 2.45) is 11.7 Å². The van der Waals surface area contributed by atoms with Crippen LogP contribution in [-0.2, 0) is 12.8 Å². The highest BCUT2D eigenvalue weighted by Gasteiger charge is 2.20. The molecule has 5 heteroatoms. The van der Waals surface area contributed by atoms with Crippen LogP contribution in [-0.4, -0.2) is 21.8 Å². The van der Waals surface area contributed by atoms with Gasteiger partial charge in [0.15, 0.2) is 0 Å². The summed E-state index contributed by atoms with van der Waals surface area (Å²) in [5.74, 6) is 1.14. The van der Waals surface area contributed by atoms with Crippen LogP contribution < -0.4 is 10.5 Å². The molecule has 0 unspecified atom stereocenters. The first-order chi connectivity index (χ1) is 9.67.